The van der Waals surface area contributed by atoms with Gasteiger partial charge in [0.2, 0.25) is 10.0 Å². The Balaban J connectivity index is 2.24. The van der Waals surface area contributed by atoms with E-state index in [1.54, 1.807) is 17.8 Å². The lowest BCUT2D eigenvalue weighted by Crippen LogP contribution is -2.38. The first kappa shape index (κ1) is 16.3. The van der Waals surface area contributed by atoms with Crippen molar-refractivity contribution in [3.8, 4) is 6.07 Å². The van der Waals surface area contributed by atoms with E-state index in [1.807, 2.05) is 6.26 Å². The highest BCUT2D eigenvalue weighted by Gasteiger charge is 2.34. The van der Waals surface area contributed by atoms with Crippen molar-refractivity contribution in [2.24, 2.45) is 0 Å². The van der Waals surface area contributed by atoms with Crippen molar-refractivity contribution < 1.29 is 12.8 Å². The number of nitrogens with one attached hydrogen (secondary N) is 1. The Kier molecular flexibility index (Phi) is 4.91. The maximum absolute atomic E-state index is 13.5. The number of benzene rings is 1. The van der Waals surface area contributed by atoms with Crippen molar-refractivity contribution in [1.29, 1.82) is 5.26 Å². The van der Waals surface area contributed by atoms with Gasteiger partial charge < -0.3 is 0 Å². The molecule has 0 unspecified atom stereocenters. The number of rotatable bonds is 5. The number of nitriles is 1. The van der Waals surface area contributed by atoms with Gasteiger partial charge in [0.05, 0.1) is 0 Å². The van der Waals surface area contributed by atoms with E-state index < -0.39 is 21.4 Å². The predicted molar refractivity (Wildman–Crippen MR) is 81.0 cm³/mol. The fourth-order valence-electron chi connectivity index (χ4n) is 2.61. The van der Waals surface area contributed by atoms with Gasteiger partial charge in [0, 0.05) is 11.3 Å². The summed E-state index contributed by atoms with van der Waals surface area (Å²) >= 11 is 1.66. The van der Waals surface area contributed by atoms with Gasteiger partial charge in [-0.25, -0.2) is 17.5 Å². The van der Waals surface area contributed by atoms with Crippen LogP contribution in [0.1, 0.15) is 31.2 Å². The molecule has 1 fully saturated rings. The topological polar surface area (TPSA) is 70.0 Å². The summed E-state index contributed by atoms with van der Waals surface area (Å²) in [5.41, 5.74) is -0.436. The van der Waals surface area contributed by atoms with E-state index in [0.29, 0.717) is 6.54 Å². The van der Waals surface area contributed by atoms with Gasteiger partial charge in [0.25, 0.3) is 0 Å². The van der Waals surface area contributed by atoms with Crippen molar-refractivity contribution >= 4 is 21.8 Å². The first-order chi connectivity index (χ1) is 9.94. The Bertz CT molecular complexity index is 662. The van der Waals surface area contributed by atoms with Crippen molar-refractivity contribution in [3.05, 3.63) is 29.6 Å². The molecule has 1 aromatic carbocycles. The molecule has 0 saturated heterocycles. The zero-order valence-corrected chi connectivity index (χ0v) is 13.4. The number of hydrogen-bond donors (Lipinski definition) is 1. The van der Waals surface area contributed by atoms with Gasteiger partial charge in [-0.05, 0) is 31.2 Å². The second kappa shape index (κ2) is 6.34. The zero-order chi connectivity index (χ0) is 15.5. The molecule has 4 nitrogen and oxygen atoms in total. The SMILES string of the molecule is CSC1(CNS(=O)(=O)c2cccc(F)c2C#N)CCCC1. The zero-order valence-electron chi connectivity index (χ0n) is 11.7. The van der Waals surface area contributed by atoms with Gasteiger partial charge >= 0.3 is 0 Å². The van der Waals surface area contributed by atoms with Gasteiger partial charge in [0.15, 0.2) is 0 Å². The molecule has 114 valence electrons. The average molecular weight is 328 g/mol. The van der Waals surface area contributed by atoms with Gasteiger partial charge in [-0.3, -0.25) is 0 Å². The largest absolute Gasteiger partial charge is 0.242 e. The summed E-state index contributed by atoms with van der Waals surface area (Å²) in [5.74, 6) is -0.819. The first-order valence-electron chi connectivity index (χ1n) is 6.67. The Morgan fingerprint density at radius 3 is 2.67 bits per heavy atom. The molecule has 1 saturated carbocycles. The molecule has 0 amide bonds. The van der Waals surface area contributed by atoms with E-state index in [1.165, 1.54) is 12.1 Å². The standard InChI is InChI=1S/C14H17FN2O2S2/c1-20-14(7-2-3-8-14)10-17-21(18,19)13-6-4-5-12(15)11(13)9-16/h4-6,17H,2-3,7-8,10H2,1H3. The number of halogens is 1. The molecule has 0 heterocycles. The van der Waals surface area contributed by atoms with Gasteiger partial charge in [-0.15, -0.1) is 0 Å². The second-order valence-corrected chi connectivity index (χ2v) is 8.15. The highest BCUT2D eigenvalue weighted by Crippen LogP contribution is 2.39. The monoisotopic (exact) mass is 328 g/mol. The van der Waals surface area contributed by atoms with Crippen LogP contribution in [-0.4, -0.2) is 26.0 Å². The van der Waals surface area contributed by atoms with E-state index >= 15 is 0 Å². The Labute approximate surface area is 128 Å². The molecular formula is C14H17FN2O2S2. The summed E-state index contributed by atoms with van der Waals surface area (Å²) in [6, 6.07) is 5.25. The normalized spacial score (nSPS) is 17.6. The van der Waals surface area contributed by atoms with Crippen LogP contribution < -0.4 is 4.72 Å². The minimum absolute atomic E-state index is 0.0901. The van der Waals surface area contributed by atoms with E-state index in [0.717, 1.165) is 31.7 Å². The average Bonchev–Trinajstić information content (AvgIpc) is 2.94. The maximum atomic E-state index is 13.5. The summed E-state index contributed by atoms with van der Waals surface area (Å²) in [4.78, 5) is -0.292. The van der Waals surface area contributed by atoms with E-state index in [-0.39, 0.29) is 9.64 Å². The molecular weight excluding hydrogens is 311 g/mol. The second-order valence-electron chi connectivity index (χ2n) is 5.14. The smallest absolute Gasteiger partial charge is 0.210 e. The quantitative estimate of drug-likeness (QED) is 0.902. The fourth-order valence-corrected chi connectivity index (χ4v) is 4.91. The number of hydrogen-bond acceptors (Lipinski definition) is 4. The van der Waals surface area contributed by atoms with Crippen LogP contribution in [0.2, 0.25) is 0 Å². The minimum Gasteiger partial charge on any atom is -0.210 e. The summed E-state index contributed by atoms with van der Waals surface area (Å²) in [6.45, 7) is 0.303. The van der Waals surface area contributed by atoms with Crippen LogP contribution >= 0.6 is 11.8 Å². The lowest BCUT2D eigenvalue weighted by molar-refractivity contribution is 0.549. The highest BCUT2D eigenvalue weighted by atomic mass is 32.2. The molecule has 0 radical (unpaired) electrons. The third-order valence-electron chi connectivity index (χ3n) is 3.91. The molecule has 7 heteroatoms. The lowest BCUT2D eigenvalue weighted by atomic mass is 10.1. The molecule has 0 aliphatic heterocycles. The number of thioether (sulfide) groups is 1. The van der Waals surface area contributed by atoms with Crippen molar-refractivity contribution in [1.82, 2.24) is 4.72 Å². The van der Waals surface area contributed by atoms with Crippen LogP contribution in [0, 0.1) is 17.1 Å². The molecule has 0 aromatic heterocycles. The number of nitrogens with zero attached hydrogens (tertiary/aromatic N) is 1. The van der Waals surface area contributed by atoms with Gasteiger partial charge in [0.1, 0.15) is 22.3 Å². The van der Waals surface area contributed by atoms with Crippen LogP contribution in [0.4, 0.5) is 4.39 Å². The van der Waals surface area contributed by atoms with Gasteiger partial charge in [-0.1, -0.05) is 18.9 Å². The van der Waals surface area contributed by atoms with E-state index in [4.69, 9.17) is 5.26 Å². The third-order valence-corrected chi connectivity index (χ3v) is 6.77. The maximum Gasteiger partial charge on any atom is 0.242 e. The Hall–Kier alpha value is -1.10. The Morgan fingerprint density at radius 1 is 1.43 bits per heavy atom. The van der Waals surface area contributed by atoms with E-state index in [9.17, 15) is 12.8 Å². The molecule has 1 aliphatic rings. The highest BCUT2D eigenvalue weighted by molar-refractivity contribution is 8.00. The molecule has 0 spiro atoms. The third kappa shape index (κ3) is 3.39. The Morgan fingerprint density at radius 2 is 2.10 bits per heavy atom. The van der Waals surface area contributed by atoms with Gasteiger partial charge in [-0.2, -0.15) is 17.0 Å². The molecule has 0 bridgehead atoms. The van der Waals surface area contributed by atoms with Crippen molar-refractivity contribution in [2.75, 3.05) is 12.8 Å². The van der Waals surface area contributed by atoms with Crippen LogP contribution in [0.15, 0.2) is 23.1 Å². The van der Waals surface area contributed by atoms with Crippen LogP contribution in [0.5, 0.6) is 0 Å². The summed E-state index contributed by atoms with van der Waals surface area (Å²) < 4.78 is 40.7. The van der Waals surface area contributed by atoms with Crippen LogP contribution in [0.25, 0.3) is 0 Å². The molecule has 1 N–H and O–H groups in total. The first-order valence-corrected chi connectivity index (χ1v) is 9.38. The molecule has 2 rings (SSSR count). The lowest BCUT2D eigenvalue weighted by Gasteiger charge is -2.26. The minimum atomic E-state index is -3.89. The summed E-state index contributed by atoms with van der Waals surface area (Å²) in [5, 5.41) is 8.95. The summed E-state index contributed by atoms with van der Waals surface area (Å²) in [6.07, 6.45) is 6.08. The molecule has 21 heavy (non-hydrogen) atoms. The number of sulfonamides is 1. The van der Waals surface area contributed by atoms with Crippen molar-refractivity contribution in [2.45, 2.75) is 35.3 Å². The molecule has 1 aromatic rings. The summed E-state index contributed by atoms with van der Waals surface area (Å²) in [7, 11) is -3.89. The van der Waals surface area contributed by atoms with Crippen LogP contribution in [-0.2, 0) is 10.0 Å². The van der Waals surface area contributed by atoms with Crippen molar-refractivity contribution in [3.63, 3.8) is 0 Å². The van der Waals surface area contributed by atoms with Crippen LogP contribution in [0.3, 0.4) is 0 Å². The predicted octanol–water partition coefficient (Wildman–Crippen LogP) is 2.65. The molecule has 1 aliphatic carbocycles. The fraction of sp³-hybridized carbons (Fsp3) is 0.500. The molecule has 0 atom stereocenters. The van der Waals surface area contributed by atoms with E-state index in [2.05, 4.69) is 4.72 Å².